The number of hydrogen-bond donors (Lipinski definition) is 2. The van der Waals surface area contributed by atoms with Gasteiger partial charge >= 0.3 is 28.4 Å². The zero-order valence-corrected chi connectivity index (χ0v) is 15.3. The molecule has 2 N–H and O–H groups in total. The van der Waals surface area contributed by atoms with E-state index < -0.39 is 0 Å². The summed E-state index contributed by atoms with van der Waals surface area (Å²) in [5.41, 5.74) is 0. The van der Waals surface area contributed by atoms with Gasteiger partial charge in [-0.3, -0.25) is 12.2 Å². The average Bonchev–Trinajstić information content (AvgIpc) is 3.07. The number of allylic oxidation sites excluding steroid dienone is 8. The molecule has 2 nitrogen and oxygen atoms in total. The smallest absolute Gasteiger partial charge is 0.358 e. The van der Waals surface area contributed by atoms with E-state index in [0.29, 0.717) is 0 Å². The van der Waals surface area contributed by atoms with Gasteiger partial charge in [0.25, 0.3) is 0 Å². The Morgan fingerprint density at radius 1 is 0.895 bits per heavy atom. The molecular weight excluding hydrogens is 362 g/mol. The summed E-state index contributed by atoms with van der Waals surface area (Å²) in [6.07, 6.45) is 20.0. The van der Waals surface area contributed by atoms with Crippen LogP contribution in [-0.2, 0) is 24.2 Å². The normalized spacial score (nSPS) is 11.0. The van der Waals surface area contributed by atoms with Gasteiger partial charge in [0.1, 0.15) is 0 Å². The van der Waals surface area contributed by atoms with E-state index in [4.69, 9.17) is 10.2 Å². The second kappa shape index (κ2) is 36.2. The van der Waals surface area contributed by atoms with E-state index in [1.165, 1.54) is 24.2 Å². The maximum Gasteiger partial charge on any atom is -0.358 e. The van der Waals surface area contributed by atoms with Crippen molar-refractivity contribution in [2.45, 2.75) is 12.8 Å². The Bertz CT molecular complexity index is 196. The van der Waals surface area contributed by atoms with Crippen LogP contribution in [-0.4, -0.2) is 27.6 Å². The summed E-state index contributed by atoms with van der Waals surface area (Å²) in [5, 5.41) is 15.2. The predicted molar refractivity (Wildman–Crippen MR) is 85.3 cm³/mol. The van der Waals surface area contributed by atoms with Crippen LogP contribution in [0.25, 0.3) is 0 Å². The van der Waals surface area contributed by atoms with Gasteiger partial charge < -0.3 is 17.6 Å². The van der Waals surface area contributed by atoms with E-state index in [2.05, 4.69) is 28.5 Å². The van der Waals surface area contributed by atoms with Crippen LogP contribution in [0.5, 0.6) is 0 Å². The summed E-state index contributed by atoms with van der Waals surface area (Å²) >= 11 is 1.30. The standard InChI is InChI=1S/2C5H5.C2H6O2.CH3.CH2.2ClH.Zr/c2*1-2-4-5-3-1;3-1-2-4;;;;;/h2*1-3H,4H2;3-4H,1-2H2;1H3;1H2;2*1H;/q2*-1;;-1;;;;. The maximum absolute atomic E-state index is 7.62. The van der Waals surface area contributed by atoms with Crippen LogP contribution in [0.3, 0.4) is 0 Å². The molecule has 0 unspecified atom stereocenters. The quantitative estimate of drug-likeness (QED) is 0.682. The fraction of sp³-hybridized carbons (Fsp3) is 0.286. The molecule has 0 saturated heterocycles. The third-order valence-electron chi connectivity index (χ3n) is 1.27. The molecule has 0 bridgehead atoms. The molecule has 0 radical (unpaired) electrons. The second-order valence-corrected chi connectivity index (χ2v) is 2.45. The van der Waals surface area contributed by atoms with Crippen LogP contribution < -0.4 is 0 Å². The Labute approximate surface area is 145 Å². The van der Waals surface area contributed by atoms with E-state index in [1.54, 1.807) is 0 Å². The monoisotopic (exact) mass is 383 g/mol. The fourth-order valence-electron chi connectivity index (χ4n) is 0.680. The van der Waals surface area contributed by atoms with Gasteiger partial charge in [-0.15, -0.1) is 37.7 Å². The first-order chi connectivity index (χ1) is 7.91. The van der Waals surface area contributed by atoms with Gasteiger partial charge in [0, 0.05) is 0 Å². The molecule has 0 aromatic heterocycles. The zero-order chi connectivity index (χ0) is 12.5. The first-order valence-corrected chi connectivity index (χ1v) is 6.66. The van der Waals surface area contributed by atoms with Gasteiger partial charge in [-0.25, -0.2) is 24.3 Å². The number of hydrogen-bond acceptors (Lipinski definition) is 2. The third kappa shape index (κ3) is 38.1. The van der Waals surface area contributed by atoms with Crippen molar-refractivity contribution in [2.24, 2.45) is 0 Å². The zero-order valence-electron chi connectivity index (χ0n) is 11.2. The molecule has 0 spiro atoms. The Hall–Kier alpha value is 0.213. The summed E-state index contributed by atoms with van der Waals surface area (Å²) < 4.78 is 3.34. The molecule has 2 rings (SSSR count). The molecule has 0 fully saturated rings. The van der Waals surface area contributed by atoms with Crippen LogP contribution in [0.2, 0.25) is 0 Å². The molecule has 0 aliphatic heterocycles. The van der Waals surface area contributed by atoms with Crippen molar-refractivity contribution in [3.63, 3.8) is 0 Å². The van der Waals surface area contributed by atoms with Crippen molar-refractivity contribution in [1.82, 2.24) is 0 Å². The van der Waals surface area contributed by atoms with Crippen molar-refractivity contribution in [3.8, 4) is 0 Å². The molecule has 0 aromatic carbocycles. The molecular formula is C14H23Cl2O2Zr-3. The molecule has 19 heavy (non-hydrogen) atoms. The minimum absolute atomic E-state index is 0. The van der Waals surface area contributed by atoms with Crippen molar-refractivity contribution in [3.05, 3.63) is 56.0 Å². The minimum atomic E-state index is -0.125. The van der Waals surface area contributed by atoms with E-state index in [0.717, 1.165) is 12.8 Å². The molecule has 2 aliphatic rings. The van der Waals surface area contributed by atoms with Crippen molar-refractivity contribution in [1.29, 1.82) is 0 Å². The number of aliphatic hydroxyl groups excluding tert-OH is 2. The van der Waals surface area contributed by atoms with Gasteiger partial charge in [-0.1, -0.05) is 0 Å². The van der Waals surface area contributed by atoms with E-state index >= 15 is 0 Å². The SMILES string of the molecule is Cl.Cl.OCCO.[C-]1=CC=CC1.[C-]1=CC=CC1.[CH2]=[Zr].[CH3-]. The molecule has 112 valence electrons. The number of rotatable bonds is 1. The van der Waals surface area contributed by atoms with Crippen molar-refractivity contribution < 1.29 is 34.4 Å². The average molecular weight is 385 g/mol. The van der Waals surface area contributed by atoms with Crippen LogP contribution in [0.15, 0.2) is 36.5 Å². The van der Waals surface area contributed by atoms with Crippen LogP contribution in [0.1, 0.15) is 12.8 Å². The summed E-state index contributed by atoms with van der Waals surface area (Å²) in [7, 11) is 0. The Kier molecular flexibility index (Phi) is 60.1. The minimum Gasteiger partial charge on any atom is -0.358 e. The first-order valence-electron chi connectivity index (χ1n) is 4.92. The topological polar surface area (TPSA) is 40.5 Å². The summed E-state index contributed by atoms with van der Waals surface area (Å²) in [6, 6.07) is 0. The molecule has 2 aliphatic carbocycles. The molecule has 5 heteroatoms. The van der Waals surface area contributed by atoms with Crippen LogP contribution in [0.4, 0.5) is 0 Å². The molecule has 0 heterocycles. The largest absolute Gasteiger partial charge is 0.358 e. The summed E-state index contributed by atoms with van der Waals surface area (Å²) in [5.74, 6) is 0. The number of halogens is 2. The van der Waals surface area contributed by atoms with Crippen molar-refractivity contribution >= 4 is 29.0 Å². The van der Waals surface area contributed by atoms with Crippen LogP contribution >= 0.6 is 24.8 Å². The Morgan fingerprint density at radius 3 is 1.26 bits per heavy atom. The fourth-order valence-corrected chi connectivity index (χ4v) is 0.680. The second-order valence-electron chi connectivity index (χ2n) is 2.45. The summed E-state index contributed by atoms with van der Waals surface area (Å²) in [6.45, 7) is -0.250. The third-order valence-corrected chi connectivity index (χ3v) is 1.27. The first kappa shape index (κ1) is 31.5. The Morgan fingerprint density at radius 2 is 1.21 bits per heavy atom. The molecule has 0 atom stereocenters. The Balaban J connectivity index is -0.0000000454. The molecule has 0 saturated carbocycles. The van der Waals surface area contributed by atoms with Gasteiger partial charge in [0.15, 0.2) is 0 Å². The maximum atomic E-state index is 7.62. The van der Waals surface area contributed by atoms with Gasteiger partial charge in [-0.2, -0.15) is 12.2 Å². The molecule has 0 aromatic rings. The summed E-state index contributed by atoms with van der Waals surface area (Å²) in [4.78, 5) is 0. The van der Waals surface area contributed by atoms with Gasteiger partial charge in [0.05, 0.1) is 13.2 Å². The number of aliphatic hydroxyl groups is 2. The predicted octanol–water partition coefficient (Wildman–Crippen LogP) is 2.84. The molecule has 0 amide bonds. The van der Waals surface area contributed by atoms with E-state index in [-0.39, 0.29) is 45.5 Å². The van der Waals surface area contributed by atoms with Gasteiger partial charge in [0.2, 0.25) is 0 Å². The van der Waals surface area contributed by atoms with Gasteiger partial charge in [-0.05, 0) is 0 Å². The van der Waals surface area contributed by atoms with E-state index in [9.17, 15) is 0 Å². The van der Waals surface area contributed by atoms with Crippen LogP contribution in [0, 0.1) is 19.6 Å². The van der Waals surface area contributed by atoms with E-state index in [1.807, 2.05) is 24.3 Å². The van der Waals surface area contributed by atoms with Crippen molar-refractivity contribution in [2.75, 3.05) is 13.2 Å².